The van der Waals surface area contributed by atoms with E-state index in [-0.39, 0.29) is 16.1 Å². The molecule has 0 spiro atoms. The fourth-order valence-corrected chi connectivity index (χ4v) is 1.90. The van der Waals surface area contributed by atoms with Gasteiger partial charge in [-0.1, -0.05) is 11.6 Å². The summed E-state index contributed by atoms with van der Waals surface area (Å²) in [5, 5.41) is 11.4. The standard InChI is InChI=1S/C16H10ClFN2O3/c17-14-7-13(6-3-11(14)8-19)20-15(21)9-23-16(22)10-1-4-12(18)5-2-10/h1-7H,9H2,(H,20,21). The van der Waals surface area contributed by atoms with E-state index in [1.165, 1.54) is 30.3 Å². The molecule has 1 amide bonds. The molecule has 0 aliphatic carbocycles. The zero-order chi connectivity index (χ0) is 16.8. The third-order valence-corrected chi connectivity index (χ3v) is 3.10. The molecule has 1 N–H and O–H groups in total. The van der Waals surface area contributed by atoms with Gasteiger partial charge in [0, 0.05) is 5.69 Å². The van der Waals surface area contributed by atoms with Gasteiger partial charge in [-0.25, -0.2) is 9.18 Å². The average Bonchev–Trinajstić information content (AvgIpc) is 2.53. The third kappa shape index (κ3) is 4.53. The summed E-state index contributed by atoms with van der Waals surface area (Å²) in [4.78, 5) is 23.4. The van der Waals surface area contributed by atoms with E-state index in [0.717, 1.165) is 12.1 Å². The molecule has 0 unspecified atom stereocenters. The Kier molecular flexibility index (Phi) is 5.28. The summed E-state index contributed by atoms with van der Waals surface area (Å²) in [5.74, 6) is -1.78. The summed E-state index contributed by atoms with van der Waals surface area (Å²) in [6.45, 7) is -0.506. The molecule has 0 atom stereocenters. The maximum absolute atomic E-state index is 12.7. The number of amides is 1. The molecule has 0 aliphatic rings. The Morgan fingerprint density at radius 2 is 1.91 bits per heavy atom. The van der Waals surface area contributed by atoms with E-state index in [2.05, 4.69) is 5.32 Å². The highest BCUT2D eigenvalue weighted by atomic mass is 35.5. The van der Waals surface area contributed by atoms with Gasteiger partial charge in [0.05, 0.1) is 16.1 Å². The lowest BCUT2D eigenvalue weighted by molar-refractivity contribution is -0.119. The summed E-state index contributed by atoms with van der Waals surface area (Å²) in [6, 6.07) is 11.0. The highest BCUT2D eigenvalue weighted by Crippen LogP contribution is 2.20. The molecule has 2 aromatic carbocycles. The minimum atomic E-state index is -0.738. The van der Waals surface area contributed by atoms with E-state index in [9.17, 15) is 14.0 Å². The van der Waals surface area contributed by atoms with Crippen LogP contribution < -0.4 is 5.32 Å². The zero-order valence-electron chi connectivity index (χ0n) is 11.7. The first-order valence-electron chi connectivity index (χ1n) is 6.42. The Hall–Kier alpha value is -2.91. The first kappa shape index (κ1) is 16.5. The highest BCUT2D eigenvalue weighted by molar-refractivity contribution is 6.32. The average molecular weight is 333 g/mol. The number of halogens is 2. The smallest absolute Gasteiger partial charge is 0.338 e. The van der Waals surface area contributed by atoms with Crippen LogP contribution in [0.4, 0.5) is 10.1 Å². The molecule has 0 aliphatic heterocycles. The molecular formula is C16H10ClFN2O3. The molecule has 0 saturated heterocycles. The lowest BCUT2D eigenvalue weighted by Crippen LogP contribution is -2.20. The summed E-state index contributed by atoms with van der Waals surface area (Å²) in [6.07, 6.45) is 0. The van der Waals surface area contributed by atoms with Crippen LogP contribution in [-0.2, 0) is 9.53 Å². The van der Waals surface area contributed by atoms with Crippen LogP contribution in [0.25, 0.3) is 0 Å². The highest BCUT2D eigenvalue weighted by Gasteiger charge is 2.11. The first-order chi connectivity index (χ1) is 11.0. The fourth-order valence-electron chi connectivity index (χ4n) is 1.68. The SMILES string of the molecule is N#Cc1ccc(NC(=O)COC(=O)c2ccc(F)cc2)cc1Cl. The molecule has 0 aromatic heterocycles. The summed E-state index contributed by atoms with van der Waals surface area (Å²) >= 11 is 5.84. The topological polar surface area (TPSA) is 79.2 Å². The van der Waals surface area contributed by atoms with E-state index in [1.807, 2.05) is 6.07 Å². The number of anilines is 1. The number of hydrogen-bond acceptors (Lipinski definition) is 4. The van der Waals surface area contributed by atoms with Gasteiger partial charge in [0.2, 0.25) is 0 Å². The summed E-state index contributed by atoms with van der Waals surface area (Å²) < 4.78 is 17.6. The molecule has 116 valence electrons. The van der Waals surface area contributed by atoms with Crippen LogP contribution in [0.3, 0.4) is 0 Å². The fraction of sp³-hybridized carbons (Fsp3) is 0.0625. The van der Waals surface area contributed by atoms with Gasteiger partial charge in [-0.3, -0.25) is 4.79 Å². The predicted molar refractivity (Wildman–Crippen MR) is 81.5 cm³/mol. The molecule has 0 radical (unpaired) electrons. The van der Waals surface area contributed by atoms with Crippen LogP contribution in [0.15, 0.2) is 42.5 Å². The van der Waals surface area contributed by atoms with Crippen molar-refractivity contribution in [3.8, 4) is 6.07 Å². The van der Waals surface area contributed by atoms with Gasteiger partial charge in [0.1, 0.15) is 11.9 Å². The zero-order valence-corrected chi connectivity index (χ0v) is 12.4. The van der Waals surface area contributed by atoms with Crippen LogP contribution in [0.1, 0.15) is 15.9 Å². The molecule has 2 rings (SSSR count). The monoisotopic (exact) mass is 332 g/mol. The number of nitrogens with zero attached hydrogens (tertiary/aromatic N) is 1. The minimum absolute atomic E-state index is 0.139. The number of nitriles is 1. The van der Waals surface area contributed by atoms with Crippen molar-refractivity contribution in [3.05, 3.63) is 64.4 Å². The quantitative estimate of drug-likeness (QED) is 0.872. The van der Waals surface area contributed by atoms with E-state index in [4.69, 9.17) is 21.6 Å². The molecule has 2 aromatic rings. The molecule has 0 fully saturated rings. The second-order valence-corrected chi connectivity index (χ2v) is 4.84. The van der Waals surface area contributed by atoms with Crippen molar-refractivity contribution in [2.45, 2.75) is 0 Å². The van der Waals surface area contributed by atoms with Crippen LogP contribution in [0, 0.1) is 17.1 Å². The van der Waals surface area contributed by atoms with Gasteiger partial charge >= 0.3 is 5.97 Å². The van der Waals surface area contributed by atoms with Crippen molar-refractivity contribution in [2.75, 3.05) is 11.9 Å². The Labute approximate surface area is 136 Å². The number of rotatable bonds is 4. The molecule has 5 nitrogen and oxygen atoms in total. The van der Waals surface area contributed by atoms with E-state index in [0.29, 0.717) is 5.69 Å². The first-order valence-corrected chi connectivity index (χ1v) is 6.79. The minimum Gasteiger partial charge on any atom is -0.452 e. The van der Waals surface area contributed by atoms with Crippen molar-refractivity contribution in [3.63, 3.8) is 0 Å². The van der Waals surface area contributed by atoms with Crippen LogP contribution >= 0.6 is 11.6 Å². The van der Waals surface area contributed by atoms with Gasteiger partial charge in [-0.05, 0) is 42.5 Å². The van der Waals surface area contributed by atoms with E-state index >= 15 is 0 Å². The van der Waals surface area contributed by atoms with Crippen molar-refractivity contribution in [2.24, 2.45) is 0 Å². The second-order valence-electron chi connectivity index (χ2n) is 4.44. The number of nitrogens with one attached hydrogen (secondary N) is 1. The number of esters is 1. The Morgan fingerprint density at radius 3 is 2.52 bits per heavy atom. The predicted octanol–water partition coefficient (Wildman–Crippen LogP) is 3.15. The van der Waals surface area contributed by atoms with Crippen LogP contribution in [0.5, 0.6) is 0 Å². The number of carbonyl (C=O) groups is 2. The van der Waals surface area contributed by atoms with Crippen molar-refractivity contribution < 1.29 is 18.7 Å². The normalized spacial score (nSPS) is 9.78. The lowest BCUT2D eigenvalue weighted by atomic mass is 10.2. The molecular weight excluding hydrogens is 323 g/mol. The maximum atomic E-state index is 12.7. The van der Waals surface area contributed by atoms with E-state index < -0.39 is 24.3 Å². The van der Waals surface area contributed by atoms with Crippen molar-refractivity contribution >= 4 is 29.2 Å². The van der Waals surface area contributed by atoms with Gasteiger partial charge in [0.25, 0.3) is 5.91 Å². The van der Waals surface area contributed by atoms with Crippen LogP contribution in [-0.4, -0.2) is 18.5 Å². The van der Waals surface area contributed by atoms with Crippen LogP contribution in [0.2, 0.25) is 5.02 Å². The molecule has 23 heavy (non-hydrogen) atoms. The summed E-state index contributed by atoms with van der Waals surface area (Å²) in [7, 11) is 0. The Bertz CT molecular complexity index is 785. The van der Waals surface area contributed by atoms with Crippen molar-refractivity contribution in [1.82, 2.24) is 0 Å². The number of ether oxygens (including phenoxy) is 1. The number of carbonyl (C=O) groups excluding carboxylic acids is 2. The van der Waals surface area contributed by atoms with Crippen molar-refractivity contribution in [1.29, 1.82) is 5.26 Å². The molecule has 0 heterocycles. The van der Waals surface area contributed by atoms with E-state index in [1.54, 1.807) is 0 Å². The van der Waals surface area contributed by atoms with Gasteiger partial charge in [0.15, 0.2) is 6.61 Å². The summed E-state index contributed by atoms with van der Waals surface area (Å²) in [5.41, 5.74) is 0.796. The van der Waals surface area contributed by atoms with Gasteiger partial charge in [-0.2, -0.15) is 5.26 Å². The maximum Gasteiger partial charge on any atom is 0.338 e. The Morgan fingerprint density at radius 1 is 1.22 bits per heavy atom. The molecule has 0 saturated carbocycles. The Balaban J connectivity index is 1.90. The van der Waals surface area contributed by atoms with Gasteiger partial charge in [-0.15, -0.1) is 0 Å². The third-order valence-electron chi connectivity index (χ3n) is 2.79. The lowest BCUT2D eigenvalue weighted by Gasteiger charge is -2.07. The second kappa shape index (κ2) is 7.38. The molecule has 7 heteroatoms. The number of benzene rings is 2. The van der Waals surface area contributed by atoms with Gasteiger partial charge < -0.3 is 10.1 Å². The largest absolute Gasteiger partial charge is 0.452 e. The molecule has 0 bridgehead atoms. The number of hydrogen-bond donors (Lipinski definition) is 1.